The fourth-order valence-electron chi connectivity index (χ4n) is 2.40. The van der Waals surface area contributed by atoms with Crippen molar-refractivity contribution in [2.45, 2.75) is 13.3 Å². The Kier molecular flexibility index (Phi) is 5.14. The van der Waals surface area contributed by atoms with E-state index in [1.807, 2.05) is 18.2 Å². The number of rotatable bonds is 5. The Balaban J connectivity index is 1.76. The number of hydrogen-bond donors (Lipinski definition) is 0. The third-order valence-corrected chi connectivity index (χ3v) is 4.51. The number of pyridine rings is 1. The summed E-state index contributed by atoms with van der Waals surface area (Å²) < 4.78 is 26.5. The Labute approximate surface area is 147 Å². The number of amides is 1. The van der Waals surface area contributed by atoms with Crippen LogP contribution in [0, 0.1) is 11.6 Å². The van der Waals surface area contributed by atoms with Crippen LogP contribution < -0.4 is 4.90 Å². The van der Waals surface area contributed by atoms with E-state index in [1.54, 1.807) is 18.5 Å². The summed E-state index contributed by atoms with van der Waals surface area (Å²) in [5, 5.41) is 2.54. The summed E-state index contributed by atoms with van der Waals surface area (Å²) in [6, 6.07) is 8.98. The van der Waals surface area contributed by atoms with Crippen LogP contribution >= 0.6 is 11.3 Å². The highest BCUT2D eigenvalue weighted by Gasteiger charge is 2.18. The fraction of sp³-hybridized carbons (Fsp3) is 0.167. The molecule has 2 aromatic heterocycles. The molecule has 2 heterocycles. The van der Waals surface area contributed by atoms with Gasteiger partial charge in [0.15, 0.2) is 11.6 Å². The van der Waals surface area contributed by atoms with Crippen molar-refractivity contribution in [2.24, 2.45) is 0 Å². The van der Waals surface area contributed by atoms with Crippen LogP contribution in [0.4, 0.5) is 14.5 Å². The topological polar surface area (TPSA) is 46.1 Å². The highest BCUT2D eigenvalue weighted by Crippen LogP contribution is 2.23. The third kappa shape index (κ3) is 3.88. The fourth-order valence-corrected chi connectivity index (χ4v) is 3.20. The predicted octanol–water partition coefficient (Wildman–Crippen LogP) is 4.08. The highest BCUT2D eigenvalue weighted by atomic mass is 32.1. The Morgan fingerprint density at radius 3 is 2.72 bits per heavy atom. The molecule has 0 aliphatic rings. The van der Waals surface area contributed by atoms with Crippen LogP contribution in [0.3, 0.4) is 0 Å². The van der Waals surface area contributed by atoms with Gasteiger partial charge in [-0.2, -0.15) is 0 Å². The second-order valence-electron chi connectivity index (χ2n) is 5.27. The summed E-state index contributed by atoms with van der Waals surface area (Å²) in [7, 11) is 0. The van der Waals surface area contributed by atoms with E-state index in [1.165, 1.54) is 22.3 Å². The van der Waals surface area contributed by atoms with Crippen molar-refractivity contribution < 1.29 is 13.6 Å². The number of halogens is 2. The molecule has 25 heavy (non-hydrogen) atoms. The SMILES string of the molecule is CCN(C(=O)Cc1csc(-c2ccccn2)n1)c1ccc(F)c(F)c1. The molecule has 128 valence electrons. The van der Waals surface area contributed by atoms with Gasteiger partial charge in [-0.25, -0.2) is 13.8 Å². The minimum absolute atomic E-state index is 0.0795. The lowest BCUT2D eigenvalue weighted by Gasteiger charge is -2.20. The molecule has 0 aliphatic heterocycles. The number of likely N-dealkylation sites (N-methyl/N-ethyl adjacent to an activating group) is 1. The first-order valence-corrected chi connectivity index (χ1v) is 8.57. The average Bonchev–Trinajstić information content (AvgIpc) is 3.08. The van der Waals surface area contributed by atoms with Crippen LogP contribution in [0.15, 0.2) is 48.0 Å². The lowest BCUT2D eigenvalue weighted by molar-refractivity contribution is -0.118. The van der Waals surface area contributed by atoms with Crippen molar-refractivity contribution in [1.82, 2.24) is 9.97 Å². The molecule has 0 N–H and O–H groups in total. The molecule has 4 nitrogen and oxygen atoms in total. The Bertz CT molecular complexity index is 883. The molecule has 1 aromatic carbocycles. The molecule has 7 heteroatoms. The molecule has 0 saturated carbocycles. The average molecular weight is 359 g/mol. The lowest BCUT2D eigenvalue weighted by Crippen LogP contribution is -2.32. The van der Waals surface area contributed by atoms with Gasteiger partial charge < -0.3 is 4.90 Å². The summed E-state index contributed by atoms with van der Waals surface area (Å²) >= 11 is 1.41. The first kappa shape index (κ1) is 17.2. The smallest absolute Gasteiger partial charge is 0.233 e. The van der Waals surface area contributed by atoms with E-state index in [0.717, 1.165) is 22.8 Å². The second-order valence-corrected chi connectivity index (χ2v) is 6.13. The molecule has 0 unspecified atom stereocenters. The van der Waals surface area contributed by atoms with Gasteiger partial charge in [-0.3, -0.25) is 9.78 Å². The number of hydrogen-bond acceptors (Lipinski definition) is 4. The molecule has 3 aromatic rings. The Morgan fingerprint density at radius 1 is 1.20 bits per heavy atom. The van der Waals surface area contributed by atoms with E-state index >= 15 is 0 Å². The summed E-state index contributed by atoms with van der Waals surface area (Å²) in [6.07, 6.45) is 1.76. The third-order valence-electron chi connectivity index (χ3n) is 3.60. The van der Waals surface area contributed by atoms with Crippen molar-refractivity contribution in [3.8, 4) is 10.7 Å². The first-order chi connectivity index (χ1) is 12.1. The van der Waals surface area contributed by atoms with Gasteiger partial charge in [0.05, 0.1) is 17.8 Å². The monoisotopic (exact) mass is 359 g/mol. The van der Waals surface area contributed by atoms with Gasteiger partial charge in [-0.1, -0.05) is 6.07 Å². The summed E-state index contributed by atoms with van der Waals surface area (Å²) in [5.41, 5.74) is 1.70. The molecule has 0 atom stereocenters. The minimum Gasteiger partial charge on any atom is -0.312 e. The van der Waals surface area contributed by atoms with Gasteiger partial charge in [0, 0.05) is 29.9 Å². The van der Waals surface area contributed by atoms with Crippen molar-refractivity contribution in [3.05, 3.63) is 65.3 Å². The number of thiazole rings is 1. The van der Waals surface area contributed by atoms with Crippen LogP contribution in [0.1, 0.15) is 12.6 Å². The summed E-state index contributed by atoms with van der Waals surface area (Å²) in [6.45, 7) is 2.13. The summed E-state index contributed by atoms with van der Waals surface area (Å²) in [4.78, 5) is 22.6. The number of carbonyl (C=O) groups excluding carboxylic acids is 1. The van der Waals surface area contributed by atoms with Gasteiger partial charge in [0.25, 0.3) is 0 Å². The van der Waals surface area contributed by atoms with Gasteiger partial charge in [0.1, 0.15) is 5.01 Å². The largest absolute Gasteiger partial charge is 0.312 e. The van der Waals surface area contributed by atoms with E-state index in [-0.39, 0.29) is 12.3 Å². The van der Waals surface area contributed by atoms with E-state index in [9.17, 15) is 13.6 Å². The van der Waals surface area contributed by atoms with E-state index < -0.39 is 11.6 Å². The number of aromatic nitrogens is 2. The van der Waals surface area contributed by atoms with Crippen LogP contribution in [-0.4, -0.2) is 22.4 Å². The Hall–Kier alpha value is -2.67. The van der Waals surface area contributed by atoms with Crippen molar-refractivity contribution >= 4 is 22.9 Å². The van der Waals surface area contributed by atoms with E-state index in [2.05, 4.69) is 9.97 Å². The predicted molar refractivity (Wildman–Crippen MR) is 93.4 cm³/mol. The quantitative estimate of drug-likeness (QED) is 0.690. The highest BCUT2D eigenvalue weighted by molar-refractivity contribution is 7.13. The number of nitrogens with zero attached hydrogens (tertiary/aromatic N) is 3. The zero-order valence-corrected chi connectivity index (χ0v) is 14.3. The van der Waals surface area contributed by atoms with Gasteiger partial charge >= 0.3 is 0 Å². The van der Waals surface area contributed by atoms with Crippen LogP contribution in [-0.2, 0) is 11.2 Å². The van der Waals surface area contributed by atoms with Gasteiger partial charge in [-0.05, 0) is 31.2 Å². The molecule has 0 radical (unpaired) electrons. The maximum absolute atomic E-state index is 13.4. The van der Waals surface area contributed by atoms with Crippen molar-refractivity contribution in [1.29, 1.82) is 0 Å². The molecule has 0 bridgehead atoms. The molecule has 1 amide bonds. The van der Waals surface area contributed by atoms with Gasteiger partial charge in [0.2, 0.25) is 5.91 Å². The summed E-state index contributed by atoms with van der Waals surface area (Å²) in [5.74, 6) is -2.15. The normalized spacial score (nSPS) is 10.7. The van der Waals surface area contributed by atoms with Crippen LogP contribution in [0.5, 0.6) is 0 Å². The first-order valence-electron chi connectivity index (χ1n) is 7.69. The molecular weight excluding hydrogens is 344 g/mol. The molecule has 3 rings (SSSR count). The zero-order valence-electron chi connectivity index (χ0n) is 13.4. The molecule has 0 fully saturated rings. The van der Waals surface area contributed by atoms with E-state index in [4.69, 9.17) is 0 Å². The van der Waals surface area contributed by atoms with Gasteiger partial charge in [-0.15, -0.1) is 11.3 Å². The van der Waals surface area contributed by atoms with Crippen LogP contribution in [0.2, 0.25) is 0 Å². The van der Waals surface area contributed by atoms with Crippen molar-refractivity contribution in [2.75, 3.05) is 11.4 Å². The number of anilines is 1. The Morgan fingerprint density at radius 2 is 2.04 bits per heavy atom. The van der Waals surface area contributed by atoms with Crippen molar-refractivity contribution in [3.63, 3.8) is 0 Å². The number of carbonyl (C=O) groups is 1. The minimum atomic E-state index is -0.977. The molecule has 0 aliphatic carbocycles. The maximum Gasteiger partial charge on any atom is 0.233 e. The molecule has 0 saturated heterocycles. The molecule has 0 spiro atoms. The molecular formula is C18H15F2N3OS. The zero-order chi connectivity index (χ0) is 17.8. The standard InChI is InChI=1S/C18H15F2N3OS/c1-2-23(13-6-7-14(19)15(20)10-13)17(24)9-12-11-25-18(22-12)16-5-3-4-8-21-16/h3-8,10-11H,2,9H2,1H3. The second kappa shape index (κ2) is 7.48. The number of benzene rings is 1. The van der Waals surface area contributed by atoms with E-state index in [0.29, 0.717) is 17.9 Å². The van der Waals surface area contributed by atoms with Crippen LogP contribution in [0.25, 0.3) is 10.7 Å². The lowest BCUT2D eigenvalue weighted by atomic mass is 10.2. The maximum atomic E-state index is 13.4.